The lowest BCUT2D eigenvalue weighted by atomic mass is 10.0. The Hall–Kier alpha value is -1.80. The number of hydrogen-bond acceptors (Lipinski definition) is 6. The van der Waals surface area contributed by atoms with Gasteiger partial charge >= 0.3 is 0 Å². The first-order chi connectivity index (χ1) is 11.2. The fraction of sp³-hybridized carbons (Fsp3) is 0.600. The normalized spacial score (nSPS) is 19.2. The molecule has 0 fully saturated rings. The van der Waals surface area contributed by atoms with Crippen molar-refractivity contribution < 1.29 is 4.90 Å². The molecular formula is C15H22N7S+. The molecule has 23 heavy (non-hydrogen) atoms. The number of likely N-dealkylation sites (N-methyl/N-ethyl adjacent to an activating group) is 1. The predicted molar refractivity (Wildman–Crippen MR) is 91.1 cm³/mol. The van der Waals surface area contributed by atoms with E-state index in [1.807, 2.05) is 11.3 Å². The molecule has 8 heteroatoms. The second-order valence-corrected chi connectivity index (χ2v) is 7.35. The lowest BCUT2D eigenvalue weighted by molar-refractivity contribution is -0.913. The molecule has 0 amide bonds. The minimum absolute atomic E-state index is 0.376. The molecule has 2 atom stereocenters. The maximum atomic E-state index is 4.69. The Labute approximate surface area is 138 Å². The number of tetrazole rings is 1. The molecule has 0 saturated heterocycles. The smallest absolute Gasteiger partial charge is 0.276 e. The van der Waals surface area contributed by atoms with E-state index in [0.717, 1.165) is 30.0 Å². The first-order valence-corrected chi connectivity index (χ1v) is 9.15. The highest BCUT2D eigenvalue weighted by Crippen LogP contribution is 2.36. The number of quaternary nitrogens is 1. The molecule has 0 radical (unpaired) electrons. The maximum Gasteiger partial charge on any atom is 0.276 e. The van der Waals surface area contributed by atoms with Crippen LogP contribution in [-0.2, 0) is 13.0 Å². The van der Waals surface area contributed by atoms with Crippen molar-refractivity contribution in [3.05, 3.63) is 10.4 Å². The summed E-state index contributed by atoms with van der Waals surface area (Å²) in [5.41, 5.74) is 1.44. The van der Waals surface area contributed by atoms with Crippen molar-refractivity contribution in [2.24, 2.45) is 0 Å². The second kappa shape index (κ2) is 5.68. The molecule has 0 bridgehead atoms. The van der Waals surface area contributed by atoms with Crippen molar-refractivity contribution in [2.75, 3.05) is 18.4 Å². The highest BCUT2D eigenvalue weighted by atomic mass is 32.1. The minimum atomic E-state index is 0.376. The topological polar surface area (TPSA) is 72.4 Å². The number of thiophene rings is 1. The van der Waals surface area contributed by atoms with Crippen LogP contribution in [0, 0.1) is 0 Å². The van der Waals surface area contributed by atoms with E-state index in [9.17, 15) is 0 Å². The zero-order chi connectivity index (χ0) is 16.0. The van der Waals surface area contributed by atoms with Gasteiger partial charge in [-0.15, -0.1) is 11.3 Å². The van der Waals surface area contributed by atoms with Gasteiger partial charge in [0.25, 0.3) is 5.78 Å². The molecule has 0 spiro atoms. The predicted octanol–water partition coefficient (Wildman–Crippen LogP) is 0.905. The van der Waals surface area contributed by atoms with E-state index < -0.39 is 0 Å². The lowest BCUT2D eigenvalue weighted by Crippen LogP contribution is -3.11. The molecule has 3 aromatic heterocycles. The van der Waals surface area contributed by atoms with Gasteiger partial charge in [-0.3, -0.25) is 0 Å². The average molecular weight is 332 g/mol. The van der Waals surface area contributed by atoms with Crippen LogP contribution < -0.4 is 10.2 Å². The summed E-state index contributed by atoms with van der Waals surface area (Å²) >= 11 is 1.82. The van der Waals surface area contributed by atoms with Gasteiger partial charge in [0.2, 0.25) is 0 Å². The van der Waals surface area contributed by atoms with Crippen molar-refractivity contribution in [3.8, 4) is 0 Å². The third kappa shape index (κ3) is 2.36. The van der Waals surface area contributed by atoms with Crippen LogP contribution in [0.5, 0.6) is 0 Å². The van der Waals surface area contributed by atoms with E-state index in [4.69, 9.17) is 0 Å². The molecule has 1 aliphatic rings. The number of nitrogens with one attached hydrogen (secondary N) is 2. The van der Waals surface area contributed by atoms with Gasteiger partial charge < -0.3 is 10.2 Å². The summed E-state index contributed by atoms with van der Waals surface area (Å²) in [4.78, 5) is 8.90. The third-order valence-electron chi connectivity index (χ3n) is 4.80. The first kappa shape index (κ1) is 14.8. The van der Waals surface area contributed by atoms with Crippen LogP contribution in [0.2, 0.25) is 0 Å². The van der Waals surface area contributed by atoms with E-state index in [0.29, 0.717) is 11.8 Å². The number of hydrogen-bond donors (Lipinski definition) is 2. The van der Waals surface area contributed by atoms with Crippen LogP contribution >= 0.6 is 11.3 Å². The van der Waals surface area contributed by atoms with E-state index in [-0.39, 0.29) is 0 Å². The Bertz CT molecular complexity index is 852. The van der Waals surface area contributed by atoms with Crippen LogP contribution in [0.1, 0.15) is 37.6 Å². The van der Waals surface area contributed by atoms with Crippen LogP contribution in [0.15, 0.2) is 0 Å². The molecular weight excluding hydrogens is 310 g/mol. The van der Waals surface area contributed by atoms with Gasteiger partial charge in [0.1, 0.15) is 17.2 Å². The molecule has 3 aromatic rings. The molecule has 0 aromatic carbocycles. The summed E-state index contributed by atoms with van der Waals surface area (Å²) in [6.45, 7) is 10.1. The van der Waals surface area contributed by atoms with Gasteiger partial charge in [-0.2, -0.15) is 9.50 Å². The lowest BCUT2D eigenvalue weighted by Gasteiger charge is -2.22. The summed E-state index contributed by atoms with van der Waals surface area (Å²) in [5, 5.41) is 16.8. The summed E-state index contributed by atoms with van der Waals surface area (Å²) in [7, 11) is 0. The molecule has 4 heterocycles. The summed E-state index contributed by atoms with van der Waals surface area (Å²) < 4.78 is 1.78. The molecule has 7 nitrogen and oxygen atoms in total. The number of nitrogens with zero attached hydrogens (tertiary/aromatic N) is 5. The number of rotatable bonds is 4. The van der Waals surface area contributed by atoms with Gasteiger partial charge in [0, 0.05) is 12.5 Å². The van der Waals surface area contributed by atoms with Crippen molar-refractivity contribution >= 4 is 33.1 Å². The highest BCUT2D eigenvalue weighted by molar-refractivity contribution is 7.19. The Kier molecular flexibility index (Phi) is 3.65. The van der Waals surface area contributed by atoms with Crippen LogP contribution in [0.3, 0.4) is 0 Å². The quantitative estimate of drug-likeness (QED) is 0.743. The van der Waals surface area contributed by atoms with E-state index >= 15 is 0 Å². The number of fused-ring (bicyclic) bond motifs is 5. The van der Waals surface area contributed by atoms with Gasteiger partial charge in [-0.25, -0.2) is 0 Å². The Morgan fingerprint density at radius 2 is 2.26 bits per heavy atom. The minimum Gasteiger partial charge on any atom is -0.367 e. The highest BCUT2D eigenvalue weighted by Gasteiger charge is 2.27. The fourth-order valence-corrected chi connectivity index (χ4v) is 4.56. The zero-order valence-electron chi connectivity index (χ0n) is 13.8. The van der Waals surface area contributed by atoms with Gasteiger partial charge in [-0.1, -0.05) is 12.0 Å². The molecule has 1 aliphatic heterocycles. The number of aromatic nitrogens is 5. The summed E-state index contributed by atoms with van der Waals surface area (Å²) in [6.07, 6.45) is 2.16. The third-order valence-corrected chi connectivity index (χ3v) is 6.01. The van der Waals surface area contributed by atoms with Crippen LogP contribution in [-0.4, -0.2) is 44.2 Å². The maximum absolute atomic E-state index is 4.69. The Morgan fingerprint density at radius 3 is 3.04 bits per heavy atom. The second-order valence-electron chi connectivity index (χ2n) is 6.27. The molecule has 4 rings (SSSR count). The first-order valence-electron chi connectivity index (χ1n) is 8.33. The molecule has 1 unspecified atom stereocenters. The van der Waals surface area contributed by atoms with Gasteiger partial charge in [-0.05, 0) is 36.3 Å². The fourth-order valence-electron chi connectivity index (χ4n) is 3.20. The zero-order valence-corrected chi connectivity index (χ0v) is 14.6. The van der Waals surface area contributed by atoms with E-state index in [1.54, 1.807) is 9.42 Å². The van der Waals surface area contributed by atoms with Crippen molar-refractivity contribution in [2.45, 2.75) is 46.2 Å². The monoisotopic (exact) mass is 332 g/mol. The SMILES string of the molecule is CC[C@@H](C)Nc1nc2nnnn2c2sc3c(c12)CC[NH+](CC)C3. The summed E-state index contributed by atoms with van der Waals surface area (Å²) in [5.74, 6) is 1.51. The standard InChI is InChI=1S/C15H21N7S/c1-4-9(3)16-13-12-10-6-7-21(5-2)8-11(10)23-14(12)22-15(17-13)18-19-20-22/h9H,4-8H2,1-3H3,(H,16,17,18,20)/p+1/t9-/m1/s1. The molecule has 2 N–H and O–H groups in total. The molecule has 122 valence electrons. The largest absolute Gasteiger partial charge is 0.367 e. The van der Waals surface area contributed by atoms with Crippen molar-refractivity contribution in [3.63, 3.8) is 0 Å². The van der Waals surface area contributed by atoms with Crippen LogP contribution in [0.4, 0.5) is 5.82 Å². The summed E-state index contributed by atoms with van der Waals surface area (Å²) in [6, 6.07) is 0.376. The number of anilines is 1. The molecule has 0 aliphatic carbocycles. The van der Waals surface area contributed by atoms with E-state index in [1.165, 1.54) is 28.9 Å². The molecule has 0 saturated carbocycles. The van der Waals surface area contributed by atoms with Crippen molar-refractivity contribution in [1.29, 1.82) is 0 Å². The Balaban J connectivity index is 1.94. The average Bonchev–Trinajstić information content (AvgIpc) is 3.17. The van der Waals surface area contributed by atoms with Crippen LogP contribution in [0.25, 0.3) is 16.0 Å². The van der Waals surface area contributed by atoms with E-state index in [2.05, 4.69) is 46.6 Å². The van der Waals surface area contributed by atoms with Gasteiger partial charge in [0.05, 0.1) is 23.4 Å². The van der Waals surface area contributed by atoms with Gasteiger partial charge in [0.15, 0.2) is 0 Å². The Morgan fingerprint density at radius 1 is 1.39 bits per heavy atom. The van der Waals surface area contributed by atoms with Crippen molar-refractivity contribution in [1.82, 2.24) is 25.0 Å².